The molecule has 0 saturated carbocycles. The van der Waals surface area contributed by atoms with E-state index in [4.69, 9.17) is 4.42 Å². The Morgan fingerprint density at radius 3 is 2.27 bits per heavy atom. The fourth-order valence-corrected chi connectivity index (χ4v) is 4.01. The van der Waals surface area contributed by atoms with Crippen molar-refractivity contribution in [3.63, 3.8) is 0 Å². The minimum Gasteiger partial charge on any atom is -0.455 e. The van der Waals surface area contributed by atoms with Crippen LogP contribution in [-0.2, 0) is 7.05 Å². The Morgan fingerprint density at radius 2 is 1.50 bits per heavy atom. The molecule has 0 spiro atoms. The van der Waals surface area contributed by atoms with Gasteiger partial charge in [-0.15, -0.1) is 0 Å². The van der Waals surface area contributed by atoms with Gasteiger partial charge in [-0.1, -0.05) is 47.1 Å². The number of nitrogens with zero attached hydrogens (tertiary/aromatic N) is 2. The van der Waals surface area contributed by atoms with Crippen LogP contribution in [-0.4, -0.2) is 5.10 Å². The SMILES string of the molecule is Cc1ccc(-c2c(C)c3ccccc3c3c2oc2ccccc23)[n+](C)n1. The second-order valence-electron chi connectivity index (χ2n) is 6.83. The van der Waals surface area contributed by atoms with E-state index in [-0.39, 0.29) is 0 Å². The summed E-state index contributed by atoms with van der Waals surface area (Å²) in [7, 11) is 1.99. The Morgan fingerprint density at radius 1 is 0.808 bits per heavy atom. The maximum Gasteiger partial charge on any atom is 0.243 e. The van der Waals surface area contributed by atoms with Gasteiger partial charge in [-0.25, -0.2) is 0 Å². The van der Waals surface area contributed by atoms with Crippen molar-refractivity contribution in [2.75, 3.05) is 0 Å². The molecule has 5 rings (SSSR count). The Bertz CT molecular complexity index is 1310. The highest BCUT2D eigenvalue weighted by Crippen LogP contribution is 2.42. The fourth-order valence-electron chi connectivity index (χ4n) is 4.01. The first kappa shape index (κ1) is 15.1. The van der Waals surface area contributed by atoms with E-state index in [0.717, 1.165) is 33.5 Å². The monoisotopic (exact) mass is 339 g/mol. The van der Waals surface area contributed by atoms with Crippen molar-refractivity contribution < 1.29 is 9.10 Å². The largest absolute Gasteiger partial charge is 0.455 e. The molecular formula is C23H19N2O+. The van der Waals surface area contributed by atoms with Gasteiger partial charge in [-0.3, -0.25) is 0 Å². The maximum atomic E-state index is 6.37. The van der Waals surface area contributed by atoms with Gasteiger partial charge >= 0.3 is 0 Å². The number of aromatic nitrogens is 2. The topological polar surface area (TPSA) is 29.9 Å². The predicted molar refractivity (Wildman–Crippen MR) is 105 cm³/mol. The molecule has 3 aromatic carbocycles. The molecule has 3 nitrogen and oxygen atoms in total. The number of fused-ring (bicyclic) bond motifs is 5. The van der Waals surface area contributed by atoms with Crippen LogP contribution in [0, 0.1) is 13.8 Å². The number of rotatable bonds is 1. The normalized spacial score (nSPS) is 11.7. The van der Waals surface area contributed by atoms with Crippen LogP contribution in [0.2, 0.25) is 0 Å². The molecule has 3 heteroatoms. The Labute approximate surface area is 151 Å². The lowest BCUT2D eigenvalue weighted by Crippen LogP contribution is -2.36. The summed E-state index contributed by atoms with van der Waals surface area (Å²) < 4.78 is 8.31. The van der Waals surface area contributed by atoms with Crippen LogP contribution in [0.3, 0.4) is 0 Å². The Balaban J connectivity index is 2.07. The second-order valence-corrected chi connectivity index (χ2v) is 6.83. The number of para-hydroxylation sites is 1. The van der Waals surface area contributed by atoms with Gasteiger partial charge in [0.1, 0.15) is 16.9 Å². The zero-order valence-corrected chi connectivity index (χ0v) is 15.1. The lowest BCUT2D eigenvalue weighted by atomic mass is 9.93. The van der Waals surface area contributed by atoms with Gasteiger partial charge < -0.3 is 4.42 Å². The van der Waals surface area contributed by atoms with Crippen LogP contribution in [0.5, 0.6) is 0 Å². The van der Waals surface area contributed by atoms with Crippen molar-refractivity contribution in [2.24, 2.45) is 7.05 Å². The summed E-state index contributed by atoms with van der Waals surface area (Å²) in [6.45, 7) is 4.18. The predicted octanol–water partition coefficient (Wildman–Crippen LogP) is 5.24. The molecule has 126 valence electrons. The third-order valence-corrected chi connectivity index (χ3v) is 5.19. The van der Waals surface area contributed by atoms with Crippen molar-refractivity contribution in [3.8, 4) is 11.3 Å². The molecular weight excluding hydrogens is 320 g/mol. The first-order valence-electron chi connectivity index (χ1n) is 8.82. The standard InChI is InChI=1S/C23H19N2O/c1-14-12-13-19(25(3)24-14)21-15(2)16-8-4-5-9-17(16)22-18-10-6-7-11-20(18)26-23(21)22/h4-13H,1-3H3/q+1. The molecule has 2 aromatic heterocycles. The van der Waals surface area contributed by atoms with E-state index >= 15 is 0 Å². The van der Waals surface area contributed by atoms with E-state index in [1.807, 2.05) is 30.8 Å². The lowest BCUT2D eigenvalue weighted by molar-refractivity contribution is -0.720. The van der Waals surface area contributed by atoms with E-state index in [9.17, 15) is 0 Å². The van der Waals surface area contributed by atoms with E-state index in [1.54, 1.807) is 0 Å². The summed E-state index contributed by atoms with van der Waals surface area (Å²) in [6, 6.07) is 21.0. The van der Waals surface area contributed by atoms with Crippen LogP contribution < -0.4 is 4.68 Å². The molecule has 0 aliphatic rings. The second kappa shape index (κ2) is 5.40. The van der Waals surface area contributed by atoms with Gasteiger partial charge in [0.25, 0.3) is 0 Å². The Hall–Kier alpha value is -3.20. The van der Waals surface area contributed by atoms with Crippen LogP contribution >= 0.6 is 0 Å². The molecule has 0 aliphatic heterocycles. The van der Waals surface area contributed by atoms with Crippen LogP contribution in [0.4, 0.5) is 0 Å². The number of benzene rings is 3. The van der Waals surface area contributed by atoms with Gasteiger partial charge in [-0.05, 0) is 47.4 Å². The number of aryl methyl sites for hydroxylation is 3. The first-order valence-corrected chi connectivity index (χ1v) is 8.82. The number of furan rings is 1. The van der Waals surface area contributed by atoms with Crippen molar-refractivity contribution in [1.29, 1.82) is 0 Å². The summed E-state index contributed by atoms with van der Waals surface area (Å²) in [5.74, 6) is 0. The van der Waals surface area contributed by atoms with Gasteiger partial charge in [0.2, 0.25) is 5.69 Å². The smallest absolute Gasteiger partial charge is 0.243 e. The molecule has 0 bridgehead atoms. The summed E-state index contributed by atoms with van der Waals surface area (Å²) in [5.41, 5.74) is 6.24. The fraction of sp³-hybridized carbons (Fsp3) is 0.130. The molecule has 0 atom stereocenters. The van der Waals surface area contributed by atoms with Crippen LogP contribution in [0.15, 0.2) is 65.1 Å². The highest BCUT2D eigenvalue weighted by atomic mass is 16.3. The highest BCUT2D eigenvalue weighted by Gasteiger charge is 2.24. The third kappa shape index (κ3) is 2.00. The van der Waals surface area contributed by atoms with Gasteiger partial charge in [-0.2, -0.15) is 0 Å². The molecule has 0 fully saturated rings. The van der Waals surface area contributed by atoms with E-state index in [1.165, 1.54) is 21.7 Å². The van der Waals surface area contributed by atoms with Crippen molar-refractivity contribution >= 4 is 32.7 Å². The number of hydrogen-bond acceptors (Lipinski definition) is 2. The summed E-state index contributed by atoms with van der Waals surface area (Å²) in [6.07, 6.45) is 0. The van der Waals surface area contributed by atoms with Gasteiger partial charge in [0.05, 0.1) is 5.56 Å². The Kier molecular flexibility index (Phi) is 3.13. The molecule has 0 saturated heterocycles. The molecule has 0 amide bonds. The van der Waals surface area contributed by atoms with Gasteiger partial charge in [0, 0.05) is 16.8 Å². The maximum absolute atomic E-state index is 6.37. The lowest BCUT2D eigenvalue weighted by Gasteiger charge is -2.10. The molecule has 26 heavy (non-hydrogen) atoms. The quantitative estimate of drug-likeness (QED) is 0.391. The zero-order valence-electron chi connectivity index (χ0n) is 15.1. The van der Waals surface area contributed by atoms with Crippen LogP contribution in [0.25, 0.3) is 44.0 Å². The van der Waals surface area contributed by atoms with Crippen molar-refractivity contribution in [2.45, 2.75) is 13.8 Å². The molecule has 0 radical (unpaired) electrons. The third-order valence-electron chi connectivity index (χ3n) is 5.19. The zero-order chi connectivity index (χ0) is 17.8. The molecule has 0 unspecified atom stereocenters. The molecule has 5 aromatic rings. The molecule has 0 aliphatic carbocycles. The summed E-state index contributed by atoms with van der Waals surface area (Å²) >= 11 is 0. The average molecular weight is 339 g/mol. The van der Waals surface area contributed by atoms with Gasteiger partial charge in [0.15, 0.2) is 7.05 Å². The molecule has 0 N–H and O–H groups in total. The highest BCUT2D eigenvalue weighted by molar-refractivity contribution is 6.23. The first-order chi connectivity index (χ1) is 12.6. The van der Waals surface area contributed by atoms with Crippen molar-refractivity contribution in [3.05, 3.63) is 71.9 Å². The summed E-state index contributed by atoms with van der Waals surface area (Å²) in [4.78, 5) is 0. The van der Waals surface area contributed by atoms with E-state index < -0.39 is 0 Å². The average Bonchev–Trinajstić information content (AvgIpc) is 3.03. The van der Waals surface area contributed by atoms with Crippen LogP contribution in [0.1, 0.15) is 11.3 Å². The number of hydrogen-bond donors (Lipinski definition) is 0. The van der Waals surface area contributed by atoms with E-state index in [2.05, 4.69) is 60.6 Å². The summed E-state index contributed by atoms with van der Waals surface area (Å²) in [5, 5.41) is 9.43. The molecule has 2 heterocycles. The minimum atomic E-state index is 0.919. The van der Waals surface area contributed by atoms with Crippen molar-refractivity contribution in [1.82, 2.24) is 5.10 Å². The van der Waals surface area contributed by atoms with E-state index in [0.29, 0.717) is 0 Å². The minimum absolute atomic E-state index is 0.919.